The van der Waals surface area contributed by atoms with Crippen LogP contribution in [0.1, 0.15) is 23.0 Å². The van der Waals surface area contributed by atoms with Gasteiger partial charge in [0.1, 0.15) is 12.0 Å². The van der Waals surface area contributed by atoms with Crippen molar-refractivity contribution in [3.05, 3.63) is 60.2 Å². The zero-order valence-electron chi connectivity index (χ0n) is 14.8. The third kappa shape index (κ3) is 5.14. The molecular formula is C18H18N6O2S. The number of anilines is 2. The first-order valence-electron chi connectivity index (χ1n) is 8.12. The summed E-state index contributed by atoms with van der Waals surface area (Å²) in [5, 5.41) is 14.2. The summed E-state index contributed by atoms with van der Waals surface area (Å²) in [4.78, 5) is 27.6. The van der Waals surface area contributed by atoms with Gasteiger partial charge in [-0.15, -0.1) is 10.2 Å². The molecule has 0 aliphatic carbocycles. The van der Waals surface area contributed by atoms with Crippen LogP contribution < -0.4 is 10.6 Å². The van der Waals surface area contributed by atoms with E-state index in [0.717, 1.165) is 10.7 Å². The Kier molecular flexibility index (Phi) is 5.82. The monoisotopic (exact) mass is 382 g/mol. The quantitative estimate of drug-likeness (QED) is 0.636. The average Bonchev–Trinajstić information content (AvgIpc) is 3.05. The highest BCUT2D eigenvalue weighted by Crippen LogP contribution is 2.22. The zero-order valence-corrected chi connectivity index (χ0v) is 15.7. The molecule has 3 aromatic rings. The summed E-state index contributed by atoms with van der Waals surface area (Å²) in [5.41, 5.74) is 2.46. The Hall–Kier alpha value is -3.20. The number of pyridine rings is 1. The van der Waals surface area contributed by atoms with Gasteiger partial charge in [0.25, 0.3) is 5.91 Å². The van der Waals surface area contributed by atoms with Gasteiger partial charge >= 0.3 is 0 Å². The van der Waals surface area contributed by atoms with Crippen LogP contribution in [0.15, 0.2) is 54.1 Å². The number of hydrogen-bond acceptors (Lipinski definition) is 6. The number of carbonyl (C=O) groups excluding carboxylic acids is 2. The Labute approximate surface area is 160 Å². The topological polar surface area (TPSA) is 102 Å². The molecule has 9 heteroatoms. The van der Waals surface area contributed by atoms with E-state index in [4.69, 9.17) is 0 Å². The van der Waals surface area contributed by atoms with E-state index in [0.29, 0.717) is 17.1 Å². The molecule has 8 nitrogen and oxygen atoms in total. The van der Waals surface area contributed by atoms with Crippen LogP contribution in [-0.2, 0) is 17.6 Å². The van der Waals surface area contributed by atoms with Crippen molar-refractivity contribution in [1.82, 2.24) is 19.7 Å². The number of amides is 2. The zero-order chi connectivity index (χ0) is 19.2. The molecule has 1 aromatic carbocycles. The Morgan fingerprint density at radius 1 is 1.15 bits per heavy atom. The highest BCUT2D eigenvalue weighted by atomic mass is 32.2. The number of nitrogens with one attached hydrogen (secondary N) is 2. The predicted octanol–water partition coefficient (Wildman–Crippen LogP) is 2.71. The van der Waals surface area contributed by atoms with E-state index < -0.39 is 0 Å². The van der Waals surface area contributed by atoms with Crippen LogP contribution in [0.5, 0.6) is 0 Å². The van der Waals surface area contributed by atoms with Crippen molar-refractivity contribution >= 4 is 35.0 Å². The summed E-state index contributed by atoms with van der Waals surface area (Å²) in [6.07, 6.45) is 3.13. The highest BCUT2D eigenvalue weighted by Gasteiger charge is 2.10. The van der Waals surface area contributed by atoms with Gasteiger partial charge in [0.05, 0.1) is 0 Å². The first-order valence-corrected chi connectivity index (χ1v) is 9.10. The molecule has 0 fully saturated rings. The molecule has 138 valence electrons. The van der Waals surface area contributed by atoms with Crippen LogP contribution in [0.4, 0.5) is 11.4 Å². The molecule has 3 rings (SSSR count). The van der Waals surface area contributed by atoms with Crippen LogP contribution in [0.3, 0.4) is 0 Å². The van der Waals surface area contributed by atoms with Crippen LogP contribution in [0, 0.1) is 0 Å². The fraction of sp³-hybridized carbons (Fsp3) is 0.167. The number of aromatic nitrogens is 4. The Bertz CT molecular complexity index is 972. The van der Waals surface area contributed by atoms with Crippen molar-refractivity contribution in [3.63, 3.8) is 0 Å². The van der Waals surface area contributed by atoms with E-state index in [9.17, 15) is 9.59 Å². The number of carbonyl (C=O) groups is 2. The van der Waals surface area contributed by atoms with Crippen molar-refractivity contribution < 1.29 is 9.59 Å². The lowest BCUT2D eigenvalue weighted by atomic mass is 10.2. The van der Waals surface area contributed by atoms with E-state index >= 15 is 0 Å². The third-order valence-electron chi connectivity index (χ3n) is 3.54. The summed E-state index contributed by atoms with van der Waals surface area (Å²) >= 11 is 1.56. The number of aryl methyl sites for hydroxylation is 1. The maximum Gasteiger partial charge on any atom is 0.274 e. The van der Waals surface area contributed by atoms with Crippen molar-refractivity contribution in [2.75, 3.05) is 10.6 Å². The van der Waals surface area contributed by atoms with Crippen molar-refractivity contribution in [3.8, 4) is 0 Å². The van der Waals surface area contributed by atoms with Crippen molar-refractivity contribution in [2.45, 2.75) is 17.8 Å². The summed E-state index contributed by atoms with van der Waals surface area (Å²) < 4.78 is 1.85. The number of thioether (sulfide) groups is 1. The minimum atomic E-state index is -0.347. The van der Waals surface area contributed by atoms with Gasteiger partial charge in [-0.05, 0) is 29.8 Å². The van der Waals surface area contributed by atoms with Gasteiger partial charge in [-0.1, -0.05) is 23.9 Å². The Balaban J connectivity index is 1.66. The van der Waals surface area contributed by atoms with E-state index in [1.807, 2.05) is 35.9 Å². The van der Waals surface area contributed by atoms with Crippen molar-refractivity contribution in [2.24, 2.45) is 7.05 Å². The summed E-state index contributed by atoms with van der Waals surface area (Å²) in [6, 6.07) is 10.7. The SMILES string of the molecule is CC(=O)Nc1ccnc(C(=O)Nc2cccc(CSc3nncn3C)c2)c1. The van der Waals surface area contributed by atoms with Gasteiger partial charge in [-0.3, -0.25) is 14.6 Å². The van der Waals surface area contributed by atoms with Gasteiger partial charge in [0.15, 0.2) is 5.16 Å². The molecule has 0 bridgehead atoms. The number of hydrogen-bond donors (Lipinski definition) is 2. The maximum atomic E-state index is 12.4. The highest BCUT2D eigenvalue weighted by molar-refractivity contribution is 7.98. The molecule has 0 unspecified atom stereocenters. The minimum absolute atomic E-state index is 0.208. The predicted molar refractivity (Wildman–Crippen MR) is 103 cm³/mol. The number of benzene rings is 1. The lowest BCUT2D eigenvalue weighted by Gasteiger charge is -2.08. The van der Waals surface area contributed by atoms with Crippen LogP contribution in [-0.4, -0.2) is 31.6 Å². The summed E-state index contributed by atoms with van der Waals surface area (Å²) in [7, 11) is 1.89. The van der Waals surface area contributed by atoms with Crippen LogP contribution in [0.25, 0.3) is 0 Å². The first-order chi connectivity index (χ1) is 13.0. The lowest BCUT2D eigenvalue weighted by Crippen LogP contribution is -2.15. The largest absolute Gasteiger partial charge is 0.326 e. The van der Waals surface area contributed by atoms with Gasteiger partial charge in [0.2, 0.25) is 5.91 Å². The second-order valence-electron chi connectivity index (χ2n) is 5.78. The second kappa shape index (κ2) is 8.45. The normalized spacial score (nSPS) is 10.4. The molecule has 2 amide bonds. The van der Waals surface area contributed by atoms with E-state index in [2.05, 4.69) is 25.8 Å². The van der Waals surface area contributed by atoms with Gasteiger partial charge in [-0.25, -0.2) is 0 Å². The number of nitrogens with zero attached hydrogens (tertiary/aromatic N) is 4. The van der Waals surface area contributed by atoms with E-state index in [1.165, 1.54) is 19.2 Å². The van der Waals surface area contributed by atoms with Gasteiger partial charge in [-0.2, -0.15) is 0 Å². The molecule has 0 spiro atoms. The fourth-order valence-electron chi connectivity index (χ4n) is 2.32. The average molecular weight is 382 g/mol. The van der Waals surface area contributed by atoms with E-state index in [1.54, 1.807) is 24.2 Å². The Morgan fingerprint density at radius 2 is 1.96 bits per heavy atom. The molecule has 0 saturated heterocycles. The smallest absolute Gasteiger partial charge is 0.274 e. The van der Waals surface area contributed by atoms with E-state index in [-0.39, 0.29) is 17.5 Å². The molecule has 2 heterocycles. The van der Waals surface area contributed by atoms with Crippen molar-refractivity contribution in [1.29, 1.82) is 0 Å². The molecule has 0 aliphatic rings. The molecular weight excluding hydrogens is 364 g/mol. The van der Waals surface area contributed by atoms with Crippen LogP contribution >= 0.6 is 11.8 Å². The molecule has 0 saturated carbocycles. The molecule has 2 N–H and O–H groups in total. The summed E-state index contributed by atoms with van der Waals surface area (Å²) in [6.45, 7) is 1.41. The molecule has 27 heavy (non-hydrogen) atoms. The molecule has 0 aliphatic heterocycles. The van der Waals surface area contributed by atoms with Gasteiger partial charge < -0.3 is 15.2 Å². The van der Waals surface area contributed by atoms with Gasteiger partial charge in [0, 0.05) is 37.3 Å². The van der Waals surface area contributed by atoms with Crippen LogP contribution in [0.2, 0.25) is 0 Å². The number of rotatable bonds is 6. The minimum Gasteiger partial charge on any atom is -0.326 e. The third-order valence-corrected chi connectivity index (χ3v) is 4.64. The fourth-order valence-corrected chi connectivity index (χ4v) is 3.15. The standard InChI is InChI=1S/C18H18N6O2S/c1-12(25)21-15-6-7-19-16(9-15)17(26)22-14-5-3-4-13(8-14)10-27-18-23-20-11-24(18)2/h3-9,11H,10H2,1-2H3,(H,22,26)(H,19,21,25). The maximum absolute atomic E-state index is 12.4. The molecule has 0 radical (unpaired) electrons. The Morgan fingerprint density at radius 3 is 2.70 bits per heavy atom. The lowest BCUT2D eigenvalue weighted by molar-refractivity contribution is -0.114. The second-order valence-corrected chi connectivity index (χ2v) is 6.72. The molecule has 0 atom stereocenters. The summed E-state index contributed by atoms with van der Waals surface area (Å²) in [5.74, 6) is 0.146. The molecule has 2 aromatic heterocycles. The first kappa shape index (κ1) is 18.6.